The first-order valence-corrected chi connectivity index (χ1v) is 7.21. The highest BCUT2D eigenvalue weighted by molar-refractivity contribution is 6.35. The molecule has 0 unspecified atom stereocenters. The van der Waals surface area contributed by atoms with Gasteiger partial charge in [0.15, 0.2) is 6.10 Å². The Morgan fingerprint density at radius 1 is 1.17 bits per heavy atom. The summed E-state index contributed by atoms with van der Waals surface area (Å²) in [5.74, 6) is -0.687. The number of ether oxygens (including phenoxy) is 2. The molecule has 0 amide bonds. The number of para-hydroxylation sites is 2. The van der Waals surface area contributed by atoms with Crippen LogP contribution in [0.15, 0.2) is 42.5 Å². The third-order valence-electron chi connectivity index (χ3n) is 2.80. The predicted molar refractivity (Wildman–Crippen MR) is 85.3 cm³/mol. The molecule has 0 heterocycles. The number of carbonyl (C=O) groups excluding carboxylic acids is 1. The highest BCUT2D eigenvalue weighted by Crippen LogP contribution is 2.29. The van der Waals surface area contributed by atoms with Crippen molar-refractivity contribution in [1.82, 2.24) is 0 Å². The molecule has 0 bridgehead atoms. The number of nitro groups is 1. The van der Waals surface area contributed by atoms with E-state index in [0.29, 0.717) is 5.02 Å². The SMILES string of the molecule is C[C@H](Oc1ccc(Cl)cc1Cl)C(=O)Oc1ccccc1[N+](=O)[O-]. The molecule has 0 aromatic heterocycles. The zero-order valence-corrected chi connectivity index (χ0v) is 13.4. The molecule has 0 saturated carbocycles. The summed E-state index contributed by atoms with van der Waals surface area (Å²) < 4.78 is 10.4. The third-order valence-corrected chi connectivity index (χ3v) is 3.33. The minimum Gasteiger partial charge on any atom is -0.477 e. The number of hydrogen-bond donors (Lipinski definition) is 0. The van der Waals surface area contributed by atoms with Crippen LogP contribution in [-0.2, 0) is 4.79 Å². The maximum atomic E-state index is 12.0. The van der Waals surface area contributed by atoms with E-state index < -0.39 is 17.0 Å². The molecular weight excluding hydrogens is 345 g/mol. The molecule has 23 heavy (non-hydrogen) atoms. The van der Waals surface area contributed by atoms with Gasteiger partial charge in [-0.1, -0.05) is 35.3 Å². The Bertz CT molecular complexity index is 750. The topological polar surface area (TPSA) is 78.7 Å². The van der Waals surface area contributed by atoms with E-state index in [-0.39, 0.29) is 22.2 Å². The van der Waals surface area contributed by atoms with Crippen molar-refractivity contribution >= 4 is 34.9 Å². The van der Waals surface area contributed by atoms with Crippen LogP contribution in [0.2, 0.25) is 10.0 Å². The van der Waals surface area contributed by atoms with Gasteiger partial charge in [-0.25, -0.2) is 4.79 Å². The third kappa shape index (κ3) is 4.34. The van der Waals surface area contributed by atoms with Crippen LogP contribution < -0.4 is 9.47 Å². The van der Waals surface area contributed by atoms with E-state index in [9.17, 15) is 14.9 Å². The van der Waals surface area contributed by atoms with Crippen molar-refractivity contribution in [3.63, 3.8) is 0 Å². The van der Waals surface area contributed by atoms with Crippen LogP contribution in [0.25, 0.3) is 0 Å². The zero-order chi connectivity index (χ0) is 17.0. The molecule has 0 saturated heterocycles. The Morgan fingerprint density at radius 2 is 1.87 bits per heavy atom. The van der Waals surface area contributed by atoms with E-state index in [2.05, 4.69) is 0 Å². The quantitative estimate of drug-likeness (QED) is 0.346. The van der Waals surface area contributed by atoms with E-state index in [0.717, 1.165) is 0 Å². The van der Waals surface area contributed by atoms with Gasteiger partial charge in [0, 0.05) is 11.1 Å². The second kappa shape index (κ2) is 7.30. The number of rotatable bonds is 5. The fourth-order valence-corrected chi connectivity index (χ4v) is 2.15. The first-order chi connectivity index (χ1) is 10.9. The summed E-state index contributed by atoms with van der Waals surface area (Å²) in [6.45, 7) is 1.45. The maximum absolute atomic E-state index is 12.0. The molecule has 120 valence electrons. The van der Waals surface area contributed by atoms with Crippen molar-refractivity contribution in [2.75, 3.05) is 0 Å². The lowest BCUT2D eigenvalue weighted by molar-refractivity contribution is -0.385. The largest absolute Gasteiger partial charge is 0.477 e. The average molecular weight is 356 g/mol. The fraction of sp³-hybridized carbons (Fsp3) is 0.133. The van der Waals surface area contributed by atoms with Crippen molar-refractivity contribution in [3.05, 3.63) is 62.6 Å². The lowest BCUT2D eigenvalue weighted by Crippen LogP contribution is -2.28. The number of esters is 1. The van der Waals surface area contributed by atoms with Crippen LogP contribution in [0.5, 0.6) is 11.5 Å². The van der Waals surface area contributed by atoms with Gasteiger partial charge < -0.3 is 9.47 Å². The molecule has 0 radical (unpaired) electrons. The molecule has 0 spiro atoms. The van der Waals surface area contributed by atoms with E-state index in [1.54, 1.807) is 6.07 Å². The molecule has 2 aromatic rings. The molecule has 0 fully saturated rings. The minimum atomic E-state index is -1.02. The average Bonchev–Trinajstić information content (AvgIpc) is 2.50. The van der Waals surface area contributed by atoms with E-state index in [4.69, 9.17) is 32.7 Å². The lowest BCUT2D eigenvalue weighted by Gasteiger charge is -2.14. The maximum Gasteiger partial charge on any atom is 0.352 e. The number of benzene rings is 2. The van der Waals surface area contributed by atoms with E-state index in [1.165, 1.54) is 43.3 Å². The first-order valence-electron chi connectivity index (χ1n) is 6.45. The molecule has 8 heteroatoms. The molecule has 0 aliphatic rings. The molecule has 1 atom stereocenters. The Labute approximate surface area is 141 Å². The summed E-state index contributed by atoms with van der Waals surface area (Å²) in [5, 5.41) is 11.6. The monoisotopic (exact) mass is 355 g/mol. The Kier molecular flexibility index (Phi) is 5.41. The second-order valence-corrected chi connectivity index (χ2v) is 5.32. The van der Waals surface area contributed by atoms with Crippen LogP contribution in [0.4, 0.5) is 5.69 Å². The molecule has 2 rings (SSSR count). The van der Waals surface area contributed by atoms with Crippen molar-refractivity contribution in [3.8, 4) is 11.5 Å². The normalized spacial score (nSPS) is 11.6. The molecular formula is C15H11Cl2NO5. The number of hydrogen-bond acceptors (Lipinski definition) is 5. The van der Waals surface area contributed by atoms with Gasteiger partial charge in [0.1, 0.15) is 5.75 Å². The number of nitrogens with zero attached hydrogens (tertiary/aromatic N) is 1. The Hall–Kier alpha value is -2.31. The van der Waals surface area contributed by atoms with Crippen LogP contribution in [-0.4, -0.2) is 17.0 Å². The van der Waals surface area contributed by atoms with Crippen molar-refractivity contribution in [1.29, 1.82) is 0 Å². The summed E-state index contributed by atoms with van der Waals surface area (Å²) in [5.41, 5.74) is -0.308. The highest BCUT2D eigenvalue weighted by atomic mass is 35.5. The zero-order valence-electron chi connectivity index (χ0n) is 11.9. The van der Waals surface area contributed by atoms with Gasteiger partial charge in [0.25, 0.3) is 0 Å². The van der Waals surface area contributed by atoms with E-state index in [1.807, 2.05) is 0 Å². The first kappa shape index (κ1) is 17.1. The van der Waals surface area contributed by atoms with Crippen molar-refractivity contribution < 1.29 is 19.2 Å². The highest BCUT2D eigenvalue weighted by Gasteiger charge is 2.23. The summed E-state index contributed by atoms with van der Waals surface area (Å²) >= 11 is 11.7. The number of halogens is 2. The smallest absolute Gasteiger partial charge is 0.352 e. The van der Waals surface area contributed by atoms with Gasteiger partial charge >= 0.3 is 11.7 Å². The van der Waals surface area contributed by atoms with Crippen LogP contribution in [0.1, 0.15) is 6.92 Å². The van der Waals surface area contributed by atoms with Gasteiger partial charge in [-0.15, -0.1) is 0 Å². The molecule has 0 aliphatic heterocycles. The van der Waals surface area contributed by atoms with Crippen molar-refractivity contribution in [2.45, 2.75) is 13.0 Å². The Balaban J connectivity index is 2.10. The summed E-state index contributed by atoms with van der Waals surface area (Å²) in [7, 11) is 0. The molecule has 6 nitrogen and oxygen atoms in total. The minimum absolute atomic E-state index is 0.153. The van der Waals surface area contributed by atoms with E-state index >= 15 is 0 Å². The van der Waals surface area contributed by atoms with Crippen LogP contribution >= 0.6 is 23.2 Å². The van der Waals surface area contributed by atoms with Crippen LogP contribution in [0, 0.1) is 10.1 Å². The summed E-state index contributed by atoms with van der Waals surface area (Å²) in [6, 6.07) is 10.1. The molecule has 0 N–H and O–H groups in total. The number of nitro benzene ring substituents is 1. The van der Waals surface area contributed by atoms with Gasteiger partial charge in [0.05, 0.1) is 9.95 Å². The van der Waals surface area contributed by atoms with Gasteiger partial charge in [-0.3, -0.25) is 10.1 Å². The lowest BCUT2D eigenvalue weighted by atomic mass is 10.3. The van der Waals surface area contributed by atoms with Gasteiger partial charge in [-0.2, -0.15) is 0 Å². The van der Waals surface area contributed by atoms with Gasteiger partial charge in [-0.05, 0) is 31.2 Å². The molecule has 0 aliphatic carbocycles. The predicted octanol–water partition coefficient (Wildman–Crippen LogP) is 4.27. The van der Waals surface area contributed by atoms with Crippen LogP contribution in [0.3, 0.4) is 0 Å². The second-order valence-electron chi connectivity index (χ2n) is 4.48. The summed E-state index contributed by atoms with van der Waals surface area (Å²) in [4.78, 5) is 22.3. The fourth-order valence-electron chi connectivity index (χ4n) is 1.70. The number of carbonyl (C=O) groups is 1. The summed E-state index contributed by atoms with van der Waals surface area (Å²) in [6.07, 6.45) is -1.02. The Morgan fingerprint density at radius 3 is 2.52 bits per heavy atom. The molecule has 2 aromatic carbocycles. The van der Waals surface area contributed by atoms with Crippen molar-refractivity contribution in [2.24, 2.45) is 0 Å². The standard InChI is InChI=1S/C15H11Cl2NO5/c1-9(22-13-7-6-10(16)8-11(13)17)15(19)23-14-5-3-2-4-12(14)18(20)21/h2-9H,1H3/t9-/m0/s1. The van der Waals surface area contributed by atoms with Gasteiger partial charge in [0.2, 0.25) is 5.75 Å².